The lowest BCUT2D eigenvalue weighted by Crippen LogP contribution is -2.48. The van der Waals surface area contributed by atoms with Crippen LogP contribution < -0.4 is 10.6 Å². The molecule has 2 aliphatic rings. The van der Waals surface area contributed by atoms with E-state index in [4.69, 9.17) is 4.74 Å². The standard InChI is InChI=1S/C17H21N5O2/c23-17(20-13-3-4-14-12(8-13)10-19-22-14)21-15-5-7-24-16(15)11-2-1-6-18-9-11/h1-2,6,9-10,13,15-16H,3-5,7-8H2,(H,19,22)(H2,20,21,23)/t13?,15-,16+/m1/s1. The molecule has 7 nitrogen and oxygen atoms in total. The average molecular weight is 327 g/mol. The molecule has 7 heteroatoms. The first-order valence-corrected chi connectivity index (χ1v) is 8.39. The second kappa shape index (κ2) is 6.60. The van der Waals surface area contributed by atoms with Gasteiger partial charge in [0, 0.05) is 36.3 Å². The van der Waals surface area contributed by atoms with Gasteiger partial charge >= 0.3 is 6.03 Å². The zero-order valence-corrected chi connectivity index (χ0v) is 13.4. The van der Waals surface area contributed by atoms with Crippen molar-refractivity contribution in [2.24, 2.45) is 0 Å². The number of pyridine rings is 1. The number of fused-ring (bicyclic) bond motifs is 1. The molecule has 1 unspecified atom stereocenters. The maximum absolute atomic E-state index is 12.4. The normalized spacial score (nSPS) is 25.9. The number of carbonyl (C=O) groups excluding carboxylic acids is 1. The predicted octanol–water partition coefficient (Wildman–Crippen LogP) is 1.49. The second-order valence-electron chi connectivity index (χ2n) is 6.40. The van der Waals surface area contributed by atoms with Gasteiger partial charge in [-0.25, -0.2) is 4.79 Å². The van der Waals surface area contributed by atoms with Gasteiger partial charge in [-0.15, -0.1) is 0 Å². The maximum atomic E-state index is 12.4. The topological polar surface area (TPSA) is 91.9 Å². The van der Waals surface area contributed by atoms with E-state index in [0.717, 1.165) is 31.2 Å². The minimum absolute atomic E-state index is 0.0257. The number of hydrogen-bond acceptors (Lipinski definition) is 4. The summed E-state index contributed by atoms with van der Waals surface area (Å²) in [5.41, 5.74) is 3.39. The zero-order valence-electron chi connectivity index (χ0n) is 13.4. The van der Waals surface area contributed by atoms with E-state index < -0.39 is 0 Å². The van der Waals surface area contributed by atoms with E-state index in [1.165, 1.54) is 11.3 Å². The molecule has 0 spiro atoms. The van der Waals surface area contributed by atoms with Crippen molar-refractivity contribution in [2.75, 3.05) is 6.61 Å². The molecule has 3 atom stereocenters. The highest BCUT2D eigenvalue weighted by Gasteiger charge is 2.31. The van der Waals surface area contributed by atoms with Crippen LogP contribution in [-0.2, 0) is 17.6 Å². The highest BCUT2D eigenvalue weighted by Crippen LogP contribution is 2.28. The van der Waals surface area contributed by atoms with Gasteiger partial charge in [0.1, 0.15) is 6.10 Å². The molecule has 2 aromatic rings. The number of urea groups is 1. The summed E-state index contributed by atoms with van der Waals surface area (Å²) < 4.78 is 5.78. The number of aromatic amines is 1. The largest absolute Gasteiger partial charge is 0.371 e. The summed E-state index contributed by atoms with van der Waals surface area (Å²) in [6, 6.07) is 3.86. The molecule has 2 amide bonds. The third kappa shape index (κ3) is 3.12. The smallest absolute Gasteiger partial charge is 0.315 e. The molecule has 3 N–H and O–H groups in total. The first kappa shape index (κ1) is 15.1. The first-order chi connectivity index (χ1) is 11.8. The number of ether oxygens (including phenoxy) is 1. The lowest BCUT2D eigenvalue weighted by atomic mass is 9.94. The molecule has 0 saturated carbocycles. The van der Waals surface area contributed by atoms with Crippen LogP contribution in [0.4, 0.5) is 4.79 Å². The molecular formula is C17H21N5O2. The Balaban J connectivity index is 1.34. The Morgan fingerprint density at radius 2 is 2.25 bits per heavy atom. The number of H-pyrrole nitrogens is 1. The number of nitrogens with one attached hydrogen (secondary N) is 3. The summed E-state index contributed by atoms with van der Waals surface area (Å²) in [7, 11) is 0. The summed E-state index contributed by atoms with van der Waals surface area (Å²) >= 11 is 0. The highest BCUT2D eigenvalue weighted by atomic mass is 16.5. The van der Waals surface area contributed by atoms with E-state index in [2.05, 4.69) is 25.8 Å². The summed E-state index contributed by atoms with van der Waals surface area (Å²) in [6.07, 6.45) is 8.74. The number of carbonyl (C=O) groups is 1. The van der Waals surface area contributed by atoms with Gasteiger partial charge in [0.05, 0.1) is 12.2 Å². The molecule has 126 valence electrons. The average Bonchev–Trinajstić information content (AvgIpc) is 3.24. The number of nitrogens with zero attached hydrogens (tertiary/aromatic N) is 2. The summed E-state index contributed by atoms with van der Waals surface area (Å²) in [5, 5.41) is 13.2. The first-order valence-electron chi connectivity index (χ1n) is 8.39. The van der Waals surface area contributed by atoms with Crippen molar-refractivity contribution < 1.29 is 9.53 Å². The van der Waals surface area contributed by atoms with Crippen LogP contribution in [-0.4, -0.2) is 39.9 Å². The molecule has 0 aromatic carbocycles. The fraction of sp³-hybridized carbons (Fsp3) is 0.471. The fourth-order valence-electron chi connectivity index (χ4n) is 3.55. The minimum Gasteiger partial charge on any atom is -0.371 e. The maximum Gasteiger partial charge on any atom is 0.315 e. The zero-order chi connectivity index (χ0) is 16.4. The van der Waals surface area contributed by atoms with Gasteiger partial charge in [-0.3, -0.25) is 10.1 Å². The molecule has 24 heavy (non-hydrogen) atoms. The summed E-state index contributed by atoms with van der Waals surface area (Å²) in [6.45, 7) is 0.645. The van der Waals surface area contributed by atoms with Crippen LogP contribution in [0.2, 0.25) is 0 Å². The van der Waals surface area contributed by atoms with Crippen LogP contribution in [0.15, 0.2) is 30.7 Å². The molecule has 1 fully saturated rings. The monoisotopic (exact) mass is 327 g/mol. The van der Waals surface area contributed by atoms with Gasteiger partial charge in [-0.2, -0.15) is 5.10 Å². The van der Waals surface area contributed by atoms with E-state index in [-0.39, 0.29) is 24.2 Å². The Bertz CT molecular complexity index is 702. The van der Waals surface area contributed by atoms with Crippen LogP contribution in [0.5, 0.6) is 0 Å². The molecule has 1 saturated heterocycles. The van der Waals surface area contributed by atoms with Crippen molar-refractivity contribution in [1.29, 1.82) is 0 Å². The van der Waals surface area contributed by atoms with Crippen LogP contribution in [0.3, 0.4) is 0 Å². The van der Waals surface area contributed by atoms with E-state index in [1.807, 2.05) is 18.3 Å². The van der Waals surface area contributed by atoms with Crippen LogP contribution >= 0.6 is 0 Å². The number of aromatic nitrogens is 3. The Labute approximate surface area is 140 Å². The molecule has 4 rings (SSSR count). The SMILES string of the molecule is O=C(NC1CCc2[nH]ncc2C1)N[C@@H]1CCO[C@H]1c1cccnc1. The molecule has 0 bridgehead atoms. The number of aryl methyl sites for hydroxylation is 1. The highest BCUT2D eigenvalue weighted by molar-refractivity contribution is 5.74. The van der Waals surface area contributed by atoms with E-state index in [0.29, 0.717) is 6.61 Å². The molecule has 0 radical (unpaired) electrons. The molecule has 3 heterocycles. The van der Waals surface area contributed by atoms with Crippen molar-refractivity contribution in [3.63, 3.8) is 0 Å². The Kier molecular flexibility index (Phi) is 4.17. The van der Waals surface area contributed by atoms with Gasteiger partial charge in [0.25, 0.3) is 0 Å². The quantitative estimate of drug-likeness (QED) is 0.796. The van der Waals surface area contributed by atoms with Crippen molar-refractivity contribution in [2.45, 2.75) is 43.9 Å². The number of rotatable bonds is 3. The van der Waals surface area contributed by atoms with E-state index >= 15 is 0 Å². The number of hydrogen-bond donors (Lipinski definition) is 3. The van der Waals surface area contributed by atoms with Gasteiger partial charge in [0.2, 0.25) is 0 Å². The van der Waals surface area contributed by atoms with Crippen LogP contribution in [0.25, 0.3) is 0 Å². The van der Waals surface area contributed by atoms with Crippen molar-refractivity contribution in [3.8, 4) is 0 Å². The lowest BCUT2D eigenvalue weighted by molar-refractivity contribution is 0.0995. The van der Waals surface area contributed by atoms with Gasteiger partial charge < -0.3 is 15.4 Å². The molecule has 1 aliphatic carbocycles. The number of amides is 2. The molecule has 1 aliphatic heterocycles. The summed E-state index contributed by atoms with van der Waals surface area (Å²) in [5.74, 6) is 0. The van der Waals surface area contributed by atoms with Crippen molar-refractivity contribution in [1.82, 2.24) is 25.8 Å². The van der Waals surface area contributed by atoms with Crippen molar-refractivity contribution >= 4 is 6.03 Å². The van der Waals surface area contributed by atoms with E-state index in [1.54, 1.807) is 12.4 Å². The predicted molar refractivity (Wildman–Crippen MR) is 87.4 cm³/mol. The Morgan fingerprint density at radius 3 is 3.12 bits per heavy atom. The third-order valence-electron chi connectivity index (χ3n) is 4.77. The van der Waals surface area contributed by atoms with Gasteiger partial charge in [-0.05, 0) is 37.3 Å². The van der Waals surface area contributed by atoms with Gasteiger partial charge in [-0.1, -0.05) is 6.07 Å². The molecule has 2 aromatic heterocycles. The van der Waals surface area contributed by atoms with Crippen LogP contribution in [0.1, 0.15) is 35.8 Å². The second-order valence-corrected chi connectivity index (χ2v) is 6.40. The fourth-order valence-corrected chi connectivity index (χ4v) is 3.55. The lowest BCUT2D eigenvalue weighted by Gasteiger charge is -2.25. The molecular weight excluding hydrogens is 306 g/mol. The van der Waals surface area contributed by atoms with Crippen molar-refractivity contribution in [3.05, 3.63) is 47.5 Å². The van der Waals surface area contributed by atoms with E-state index in [9.17, 15) is 4.79 Å². The Morgan fingerprint density at radius 1 is 1.29 bits per heavy atom. The summed E-state index contributed by atoms with van der Waals surface area (Å²) in [4.78, 5) is 16.5. The third-order valence-corrected chi connectivity index (χ3v) is 4.77. The van der Waals surface area contributed by atoms with Crippen LogP contribution in [0, 0.1) is 0 Å². The Hall–Kier alpha value is -2.41. The minimum atomic E-state index is -0.128. The van der Waals surface area contributed by atoms with Gasteiger partial charge in [0.15, 0.2) is 0 Å².